The molecule has 0 aliphatic carbocycles. The molecule has 0 radical (unpaired) electrons. The third kappa shape index (κ3) is 3.49. The predicted molar refractivity (Wildman–Crippen MR) is 91.2 cm³/mol. The number of rotatable bonds is 3. The molecule has 1 spiro atoms. The summed E-state index contributed by atoms with van der Waals surface area (Å²) in [5.74, 6) is -0.0222. The molecule has 0 unspecified atom stereocenters. The minimum absolute atomic E-state index is 0.0222. The maximum absolute atomic E-state index is 12.6. The Morgan fingerprint density at radius 3 is 2.83 bits per heavy atom. The Bertz CT molecular complexity index is 593. The largest absolute Gasteiger partial charge is 0.388 e. The van der Waals surface area contributed by atoms with Gasteiger partial charge in [-0.3, -0.25) is 4.79 Å². The SMILES string of the molecule is CCCc1nc(C(=O)N2CCC3(CC2)C[C@](C)(O)[C@@H](O)CO3)cs1. The molecule has 0 bridgehead atoms. The fourth-order valence-corrected chi connectivity index (χ4v) is 4.47. The van der Waals surface area contributed by atoms with Crippen molar-refractivity contribution >= 4 is 17.2 Å². The number of ether oxygens (including phenoxy) is 1. The second-order valence-electron chi connectivity index (χ2n) is 7.21. The molecule has 2 fully saturated rings. The van der Waals surface area contributed by atoms with Crippen LogP contribution in [0, 0.1) is 0 Å². The summed E-state index contributed by atoms with van der Waals surface area (Å²) in [6, 6.07) is 0. The van der Waals surface area contributed by atoms with E-state index in [1.807, 2.05) is 10.3 Å². The van der Waals surface area contributed by atoms with Crippen LogP contribution in [0.2, 0.25) is 0 Å². The van der Waals surface area contributed by atoms with Crippen molar-refractivity contribution in [3.05, 3.63) is 16.1 Å². The van der Waals surface area contributed by atoms with E-state index in [1.165, 1.54) is 0 Å². The molecule has 2 atom stereocenters. The summed E-state index contributed by atoms with van der Waals surface area (Å²) < 4.78 is 5.86. The van der Waals surface area contributed by atoms with Crippen molar-refractivity contribution < 1.29 is 19.7 Å². The van der Waals surface area contributed by atoms with Crippen LogP contribution in [0.5, 0.6) is 0 Å². The van der Waals surface area contributed by atoms with Gasteiger partial charge >= 0.3 is 0 Å². The van der Waals surface area contributed by atoms with Crippen molar-refractivity contribution in [2.45, 2.75) is 63.3 Å². The molecule has 0 saturated carbocycles. The second-order valence-corrected chi connectivity index (χ2v) is 8.16. The quantitative estimate of drug-likeness (QED) is 0.862. The van der Waals surface area contributed by atoms with Gasteiger partial charge in [0.25, 0.3) is 5.91 Å². The van der Waals surface area contributed by atoms with E-state index in [2.05, 4.69) is 11.9 Å². The number of aliphatic hydroxyl groups excluding tert-OH is 1. The number of nitrogens with zero attached hydrogens (tertiary/aromatic N) is 2. The van der Waals surface area contributed by atoms with E-state index in [1.54, 1.807) is 18.3 Å². The molecule has 2 saturated heterocycles. The Labute approximate surface area is 146 Å². The first-order valence-electron chi connectivity index (χ1n) is 8.63. The summed E-state index contributed by atoms with van der Waals surface area (Å²) >= 11 is 1.54. The zero-order chi connectivity index (χ0) is 17.4. The number of amides is 1. The highest BCUT2D eigenvalue weighted by molar-refractivity contribution is 7.09. The molecule has 1 amide bonds. The third-order valence-corrected chi connectivity index (χ3v) is 6.05. The van der Waals surface area contributed by atoms with E-state index >= 15 is 0 Å². The lowest BCUT2D eigenvalue weighted by atomic mass is 9.76. The number of aryl methyl sites for hydroxylation is 1. The van der Waals surface area contributed by atoms with Crippen LogP contribution in [0.15, 0.2) is 5.38 Å². The first kappa shape index (κ1) is 17.8. The molecule has 1 aromatic rings. The zero-order valence-corrected chi connectivity index (χ0v) is 15.1. The molecule has 24 heavy (non-hydrogen) atoms. The number of hydrogen-bond acceptors (Lipinski definition) is 6. The number of carbonyl (C=O) groups is 1. The first-order valence-corrected chi connectivity index (χ1v) is 9.51. The Morgan fingerprint density at radius 1 is 1.50 bits per heavy atom. The van der Waals surface area contributed by atoms with E-state index in [9.17, 15) is 15.0 Å². The number of thiazole rings is 1. The van der Waals surface area contributed by atoms with Gasteiger partial charge in [0.1, 0.15) is 11.8 Å². The van der Waals surface area contributed by atoms with Gasteiger partial charge in [-0.2, -0.15) is 0 Å². The van der Waals surface area contributed by atoms with Gasteiger partial charge in [0.05, 0.1) is 22.8 Å². The summed E-state index contributed by atoms with van der Waals surface area (Å²) in [6.45, 7) is 5.08. The van der Waals surface area contributed by atoms with Crippen LogP contribution in [0.4, 0.5) is 0 Å². The molecule has 1 aromatic heterocycles. The Kier molecular flexibility index (Phi) is 4.97. The van der Waals surface area contributed by atoms with Gasteiger partial charge in [0.2, 0.25) is 0 Å². The molecule has 2 aliphatic heterocycles. The highest BCUT2D eigenvalue weighted by atomic mass is 32.1. The van der Waals surface area contributed by atoms with Crippen molar-refractivity contribution in [2.75, 3.05) is 19.7 Å². The van der Waals surface area contributed by atoms with Crippen LogP contribution in [0.25, 0.3) is 0 Å². The van der Waals surface area contributed by atoms with Crippen LogP contribution in [0.1, 0.15) is 55.0 Å². The summed E-state index contributed by atoms with van der Waals surface area (Å²) in [5, 5.41) is 23.0. The molecule has 2 N–H and O–H groups in total. The van der Waals surface area contributed by atoms with Crippen molar-refractivity contribution in [3.8, 4) is 0 Å². The average molecular weight is 354 g/mol. The van der Waals surface area contributed by atoms with Crippen molar-refractivity contribution in [1.29, 1.82) is 0 Å². The van der Waals surface area contributed by atoms with Crippen LogP contribution in [-0.4, -0.2) is 63.0 Å². The fraction of sp³-hybridized carbons (Fsp3) is 0.765. The van der Waals surface area contributed by atoms with Crippen molar-refractivity contribution in [1.82, 2.24) is 9.88 Å². The number of hydrogen-bond donors (Lipinski definition) is 2. The van der Waals surface area contributed by atoms with Gasteiger partial charge in [-0.05, 0) is 32.6 Å². The maximum atomic E-state index is 12.6. The second kappa shape index (κ2) is 6.71. The number of likely N-dealkylation sites (tertiary alicyclic amines) is 1. The molecule has 0 aromatic carbocycles. The zero-order valence-electron chi connectivity index (χ0n) is 14.3. The lowest BCUT2D eigenvalue weighted by Crippen LogP contribution is -2.59. The molecule has 7 heteroatoms. The number of aliphatic hydroxyl groups is 2. The highest BCUT2D eigenvalue weighted by Gasteiger charge is 2.49. The summed E-state index contributed by atoms with van der Waals surface area (Å²) in [4.78, 5) is 18.9. The smallest absolute Gasteiger partial charge is 0.273 e. The van der Waals surface area contributed by atoms with E-state index in [-0.39, 0.29) is 12.5 Å². The van der Waals surface area contributed by atoms with Gasteiger partial charge in [0, 0.05) is 24.9 Å². The van der Waals surface area contributed by atoms with Gasteiger partial charge in [-0.15, -0.1) is 11.3 Å². The lowest BCUT2D eigenvalue weighted by molar-refractivity contribution is -0.221. The highest BCUT2D eigenvalue weighted by Crippen LogP contribution is 2.39. The maximum Gasteiger partial charge on any atom is 0.273 e. The normalized spacial score (nSPS) is 29.8. The molecule has 6 nitrogen and oxygen atoms in total. The molecule has 3 heterocycles. The Balaban J connectivity index is 1.61. The van der Waals surface area contributed by atoms with Gasteiger partial charge < -0.3 is 19.8 Å². The predicted octanol–water partition coefficient (Wildman–Crippen LogP) is 1.60. The van der Waals surface area contributed by atoms with Gasteiger partial charge in [0.15, 0.2) is 0 Å². The van der Waals surface area contributed by atoms with Gasteiger partial charge in [-0.25, -0.2) is 4.98 Å². The summed E-state index contributed by atoms with van der Waals surface area (Å²) in [7, 11) is 0. The van der Waals surface area contributed by atoms with Crippen molar-refractivity contribution in [2.24, 2.45) is 0 Å². The van der Waals surface area contributed by atoms with Crippen LogP contribution in [-0.2, 0) is 11.2 Å². The fourth-order valence-electron chi connectivity index (χ4n) is 3.59. The Morgan fingerprint density at radius 2 is 2.21 bits per heavy atom. The molecular weight excluding hydrogens is 328 g/mol. The number of piperidine rings is 1. The van der Waals surface area contributed by atoms with Crippen LogP contribution >= 0.6 is 11.3 Å². The first-order chi connectivity index (χ1) is 11.4. The van der Waals surface area contributed by atoms with E-state index in [0.717, 1.165) is 17.8 Å². The number of aromatic nitrogens is 1. The minimum atomic E-state index is -1.13. The van der Waals surface area contributed by atoms with Crippen LogP contribution in [0.3, 0.4) is 0 Å². The average Bonchev–Trinajstić information content (AvgIpc) is 3.00. The standard InChI is InChI=1S/C17H26N2O4S/c1-3-4-14-18-12(10-24-14)15(21)19-7-5-17(6-8-19)11-16(2,22)13(20)9-23-17/h10,13,20,22H,3-9,11H2,1-2H3/t13-,16-/m0/s1. The van der Waals surface area contributed by atoms with E-state index < -0.39 is 17.3 Å². The van der Waals surface area contributed by atoms with Gasteiger partial charge in [-0.1, -0.05) is 6.92 Å². The molecule has 2 aliphatic rings. The summed E-state index contributed by atoms with van der Waals surface area (Å²) in [6.07, 6.45) is 2.83. The third-order valence-electron chi connectivity index (χ3n) is 5.14. The van der Waals surface area contributed by atoms with E-state index in [0.29, 0.717) is 38.0 Å². The van der Waals surface area contributed by atoms with E-state index in [4.69, 9.17) is 4.74 Å². The summed E-state index contributed by atoms with van der Waals surface area (Å²) in [5.41, 5.74) is -1.03. The minimum Gasteiger partial charge on any atom is -0.388 e. The topological polar surface area (TPSA) is 82.9 Å². The monoisotopic (exact) mass is 354 g/mol. The number of carbonyl (C=O) groups excluding carboxylic acids is 1. The van der Waals surface area contributed by atoms with Crippen molar-refractivity contribution in [3.63, 3.8) is 0 Å². The lowest BCUT2D eigenvalue weighted by Gasteiger charge is -2.49. The molecule has 3 rings (SSSR count). The Hall–Kier alpha value is -1.02. The molecular formula is C17H26N2O4S. The molecule has 134 valence electrons. The van der Waals surface area contributed by atoms with Crippen LogP contribution < -0.4 is 0 Å².